The second-order valence-corrected chi connectivity index (χ2v) is 8.62. The lowest BCUT2D eigenvalue weighted by molar-refractivity contribution is -0.133. The SMILES string of the molecule is NC1CCC(C2=C(C(=O)O)C(c3ccc(F)c(F)c3Cl)N=C(c3nccs3)N2)CC1. The van der Waals surface area contributed by atoms with E-state index in [0.29, 0.717) is 29.4 Å². The first-order valence-electron chi connectivity index (χ1n) is 9.47. The molecule has 0 saturated heterocycles. The number of halogens is 3. The highest BCUT2D eigenvalue weighted by atomic mass is 35.5. The van der Waals surface area contributed by atoms with Crippen LogP contribution in [0.2, 0.25) is 5.02 Å². The molecule has 1 saturated carbocycles. The molecule has 4 rings (SSSR count). The van der Waals surface area contributed by atoms with E-state index in [2.05, 4.69) is 15.3 Å². The van der Waals surface area contributed by atoms with Crippen LogP contribution in [0.15, 0.2) is 40.0 Å². The third-order valence-corrected chi connectivity index (χ3v) is 6.64. The van der Waals surface area contributed by atoms with Crippen LogP contribution in [0.1, 0.15) is 42.3 Å². The van der Waals surface area contributed by atoms with Gasteiger partial charge in [-0.1, -0.05) is 17.7 Å². The number of thiazole rings is 1. The van der Waals surface area contributed by atoms with E-state index in [9.17, 15) is 18.7 Å². The van der Waals surface area contributed by atoms with Crippen molar-refractivity contribution in [3.8, 4) is 0 Å². The van der Waals surface area contributed by atoms with Gasteiger partial charge in [0.1, 0.15) is 6.04 Å². The Labute approximate surface area is 180 Å². The summed E-state index contributed by atoms with van der Waals surface area (Å²) in [6, 6.07) is 1.19. The van der Waals surface area contributed by atoms with Gasteiger partial charge in [-0.3, -0.25) is 4.99 Å². The summed E-state index contributed by atoms with van der Waals surface area (Å²) < 4.78 is 27.8. The normalized spacial score (nSPS) is 24.4. The number of aromatic nitrogens is 1. The second kappa shape index (κ2) is 8.41. The molecule has 0 radical (unpaired) electrons. The second-order valence-electron chi connectivity index (χ2n) is 7.35. The van der Waals surface area contributed by atoms with Crippen molar-refractivity contribution in [3.05, 3.63) is 62.2 Å². The number of hydrogen-bond acceptors (Lipinski definition) is 6. The summed E-state index contributed by atoms with van der Waals surface area (Å²) in [6.45, 7) is 0. The molecule has 158 valence electrons. The van der Waals surface area contributed by atoms with E-state index >= 15 is 0 Å². The molecule has 0 amide bonds. The molecular weight excluding hydrogens is 434 g/mol. The molecule has 2 aromatic rings. The number of rotatable bonds is 4. The monoisotopic (exact) mass is 452 g/mol. The van der Waals surface area contributed by atoms with Crippen molar-refractivity contribution in [3.63, 3.8) is 0 Å². The van der Waals surface area contributed by atoms with Gasteiger partial charge in [0.25, 0.3) is 0 Å². The zero-order valence-electron chi connectivity index (χ0n) is 15.7. The highest BCUT2D eigenvalue weighted by Gasteiger charge is 2.37. The molecule has 1 aromatic carbocycles. The minimum atomic E-state index is -1.23. The van der Waals surface area contributed by atoms with Gasteiger partial charge in [0.15, 0.2) is 22.5 Å². The Balaban J connectivity index is 1.87. The summed E-state index contributed by atoms with van der Waals surface area (Å²) in [5.41, 5.74) is 6.58. The third-order valence-electron chi connectivity index (χ3n) is 5.48. The Kier molecular flexibility index (Phi) is 5.86. The Bertz CT molecular complexity index is 1030. The predicted molar refractivity (Wildman–Crippen MR) is 110 cm³/mol. The highest BCUT2D eigenvalue weighted by Crippen LogP contribution is 2.41. The van der Waals surface area contributed by atoms with Crippen LogP contribution in [0.5, 0.6) is 0 Å². The van der Waals surface area contributed by atoms with Crippen molar-refractivity contribution in [2.45, 2.75) is 37.8 Å². The summed E-state index contributed by atoms with van der Waals surface area (Å²) in [4.78, 5) is 21.1. The standard InChI is InChI=1S/C20H19ClF2N4O2S/c21-14-11(5-6-12(22)15(14)23)17-13(20(28)29)16(9-1-3-10(24)4-2-9)26-18(27-17)19-25-7-8-30-19/h5-10,17H,1-4,24H2,(H,26,27)(H,28,29). The van der Waals surface area contributed by atoms with Crippen molar-refractivity contribution in [2.75, 3.05) is 0 Å². The zero-order valence-corrected chi connectivity index (χ0v) is 17.3. The van der Waals surface area contributed by atoms with Gasteiger partial charge in [-0.15, -0.1) is 11.3 Å². The van der Waals surface area contributed by atoms with Crippen LogP contribution in [0.3, 0.4) is 0 Å². The fourth-order valence-electron chi connectivity index (χ4n) is 3.96. The number of amidine groups is 1. The lowest BCUT2D eigenvalue weighted by atomic mass is 9.80. The van der Waals surface area contributed by atoms with Crippen molar-refractivity contribution >= 4 is 34.7 Å². The van der Waals surface area contributed by atoms with Crippen LogP contribution in [-0.2, 0) is 4.79 Å². The number of allylic oxidation sites excluding steroid dienone is 1. The molecule has 1 aliphatic heterocycles. The Hall–Kier alpha value is -2.36. The molecule has 6 nitrogen and oxygen atoms in total. The molecule has 1 atom stereocenters. The Morgan fingerprint density at radius 1 is 1.27 bits per heavy atom. The summed E-state index contributed by atoms with van der Waals surface area (Å²) in [5.74, 6) is -3.23. The maximum Gasteiger partial charge on any atom is 0.335 e. The van der Waals surface area contributed by atoms with E-state index in [-0.39, 0.29) is 23.1 Å². The molecule has 1 fully saturated rings. The van der Waals surface area contributed by atoms with E-state index in [1.165, 1.54) is 17.4 Å². The van der Waals surface area contributed by atoms with Crippen LogP contribution < -0.4 is 11.1 Å². The van der Waals surface area contributed by atoms with E-state index in [4.69, 9.17) is 17.3 Å². The van der Waals surface area contributed by atoms with Crippen molar-refractivity contribution in [1.82, 2.24) is 10.3 Å². The molecule has 30 heavy (non-hydrogen) atoms. The van der Waals surface area contributed by atoms with Crippen LogP contribution in [-0.4, -0.2) is 27.9 Å². The van der Waals surface area contributed by atoms with Crippen molar-refractivity contribution in [1.29, 1.82) is 0 Å². The number of carboxylic acids is 1. The molecular formula is C20H19ClF2N4O2S. The van der Waals surface area contributed by atoms with Gasteiger partial charge in [0, 0.05) is 28.9 Å². The van der Waals surface area contributed by atoms with Gasteiger partial charge in [-0.25, -0.2) is 18.6 Å². The molecule has 1 aromatic heterocycles. The maximum atomic E-state index is 14.2. The molecule has 1 aliphatic carbocycles. The van der Waals surface area contributed by atoms with Gasteiger partial charge in [0.05, 0.1) is 10.6 Å². The van der Waals surface area contributed by atoms with Crippen molar-refractivity contribution < 1.29 is 18.7 Å². The molecule has 2 heterocycles. The first kappa shape index (κ1) is 20.9. The minimum Gasteiger partial charge on any atom is -0.478 e. The number of carbonyl (C=O) groups is 1. The smallest absolute Gasteiger partial charge is 0.335 e. The zero-order chi connectivity index (χ0) is 21.4. The van der Waals surface area contributed by atoms with Gasteiger partial charge < -0.3 is 16.2 Å². The predicted octanol–water partition coefficient (Wildman–Crippen LogP) is 4.02. The Morgan fingerprint density at radius 3 is 2.63 bits per heavy atom. The summed E-state index contributed by atoms with van der Waals surface area (Å²) in [5, 5.41) is 15.1. The number of hydrogen-bond donors (Lipinski definition) is 3. The van der Waals surface area contributed by atoms with Gasteiger partial charge in [0.2, 0.25) is 0 Å². The molecule has 10 heteroatoms. The number of aliphatic imine (C=N–C) groups is 1. The average Bonchev–Trinajstić information content (AvgIpc) is 3.27. The largest absolute Gasteiger partial charge is 0.478 e. The molecule has 4 N–H and O–H groups in total. The maximum absolute atomic E-state index is 14.2. The lowest BCUT2D eigenvalue weighted by Crippen LogP contribution is -2.38. The fourth-order valence-corrected chi connectivity index (χ4v) is 4.80. The fraction of sp³-hybridized carbons (Fsp3) is 0.350. The summed E-state index contributed by atoms with van der Waals surface area (Å²) in [7, 11) is 0. The van der Waals surface area contributed by atoms with Gasteiger partial charge in [-0.2, -0.15) is 0 Å². The number of nitrogens with zero attached hydrogens (tertiary/aromatic N) is 2. The number of nitrogens with one attached hydrogen (secondary N) is 1. The Morgan fingerprint density at radius 2 is 2.00 bits per heavy atom. The molecule has 1 unspecified atom stereocenters. The van der Waals surface area contributed by atoms with Crippen LogP contribution in [0, 0.1) is 17.6 Å². The van der Waals surface area contributed by atoms with Gasteiger partial charge >= 0.3 is 5.97 Å². The topological polar surface area (TPSA) is 101 Å². The lowest BCUT2D eigenvalue weighted by Gasteiger charge is -2.34. The average molecular weight is 453 g/mol. The number of benzene rings is 1. The molecule has 2 aliphatic rings. The van der Waals surface area contributed by atoms with Crippen LogP contribution in [0.25, 0.3) is 0 Å². The summed E-state index contributed by atoms with van der Waals surface area (Å²) >= 11 is 7.41. The van der Waals surface area contributed by atoms with Crippen molar-refractivity contribution in [2.24, 2.45) is 16.6 Å². The number of nitrogens with two attached hydrogens (primary N) is 1. The van der Waals surface area contributed by atoms with Gasteiger partial charge in [-0.05, 0) is 37.7 Å². The number of aliphatic carboxylic acids is 1. The van der Waals surface area contributed by atoms with E-state index in [0.717, 1.165) is 18.9 Å². The number of carboxylic acid groups (broad SMARTS) is 1. The minimum absolute atomic E-state index is 0.0244. The summed E-state index contributed by atoms with van der Waals surface area (Å²) in [6.07, 6.45) is 4.57. The first-order valence-corrected chi connectivity index (χ1v) is 10.7. The first-order chi connectivity index (χ1) is 14.4. The third kappa shape index (κ3) is 3.84. The van der Waals surface area contributed by atoms with E-state index < -0.39 is 28.7 Å². The van der Waals surface area contributed by atoms with E-state index in [1.54, 1.807) is 11.6 Å². The van der Waals surface area contributed by atoms with Crippen LogP contribution in [0.4, 0.5) is 8.78 Å². The molecule has 0 spiro atoms. The van der Waals surface area contributed by atoms with Crippen LogP contribution >= 0.6 is 22.9 Å². The molecule has 0 bridgehead atoms. The quantitative estimate of drug-likeness (QED) is 0.608. The van der Waals surface area contributed by atoms with E-state index in [1.807, 2.05) is 0 Å². The highest BCUT2D eigenvalue weighted by molar-refractivity contribution is 7.11.